The first-order chi connectivity index (χ1) is 16.1. The molecular formula is C20H16ClF7N4O2S. The summed E-state index contributed by atoms with van der Waals surface area (Å²) in [6.45, 7) is 1.33. The predicted molar refractivity (Wildman–Crippen MR) is 112 cm³/mol. The van der Waals surface area contributed by atoms with Crippen molar-refractivity contribution in [1.29, 1.82) is 0 Å². The van der Waals surface area contributed by atoms with Crippen LogP contribution in [0.25, 0.3) is 22.8 Å². The van der Waals surface area contributed by atoms with E-state index in [1.54, 1.807) is 18.2 Å². The Morgan fingerprint density at radius 3 is 2.14 bits per heavy atom. The highest BCUT2D eigenvalue weighted by Crippen LogP contribution is 2.55. The molecule has 3 rings (SSSR count). The summed E-state index contributed by atoms with van der Waals surface area (Å²) in [5.41, 5.74) is -6.52. The van der Waals surface area contributed by atoms with Gasteiger partial charge >= 0.3 is 18.0 Å². The first-order valence-electron chi connectivity index (χ1n) is 9.68. The molecule has 0 amide bonds. The van der Waals surface area contributed by atoms with Crippen molar-refractivity contribution in [3.63, 3.8) is 0 Å². The van der Waals surface area contributed by atoms with E-state index in [2.05, 4.69) is 15.0 Å². The lowest BCUT2D eigenvalue weighted by Crippen LogP contribution is -2.56. The maximum Gasteiger partial charge on any atom is 0.433 e. The van der Waals surface area contributed by atoms with Gasteiger partial charge in [-0.2, -0.15) is 26.3 Å². The molecule has 0 aliphatic heterocycles. The maximum absolute atomic E-state index is 14.5. The Kier molecular flexibility index (Phi) is 6.94. The summed E-state index contributed by atoms with van der Waals surface area (Å²) in [5, 5.41) is -3.28. The van der Waals surface area contributed by atoms with Gasteiger partial charge < -0.3 is 4.57 Å². The fraction of sp³-hybridized carbons (Fsp3) is 0.350. The maximum atomic E-state index is 14.5. The van der Waals surface area contributed by atoms with Crippen LogP contribution in [0.4, 0.5) is 30.7 Å². The minimum atomic E-state index is -6.40. The van der Waals surface area contributed by atoms with Crippen molar-refractivity contribution in [2.75, 3.05) is 5.75 Å². The number of alkyl halides is 8. The molecule has 190 valence electrons. The zero-order valence-corrected chi connectivity index (χ0v) is 19.4. The molecule has 0 unspecified atom stereocenters. The zero-order chi connectivity index (χ0) is 26.4. The van der Waals surface area contributed by atoms with Crippen LogP contribution in [0, 0.1) is 0 Å². The van der Waals surface area contributed by atoms with E-state index in [9.17, 15) is 39.2 Å². The molecule has 0 aromatic carbocycles. The van der Waals surface area contributed by atoms with Crippen molar-refractivity contribution in [3.05, 3.63) is 48.5 Å². The molecular weight excluding hydrogens is 529 g/mol. The zero-order valence-electron chi connectivity index (χ0n) is 17.9. The largest absolute Gasteiger partial charge is 0.433 e. The third-order valence-corrected chi connectivity index (χ3v) is 7.46. The molecule has 0 saturated heterocycles. The second-order valence-corrected chi connectivity index (χ2v) is 10.0. The van der Waals surface area contributed by atoms with Crippen molar-refractivity contribution in [1.82, 2.24) is 19.5 Å². The average Bonchev–Trinajstić information content (AvgIpc) is 3.17. The molecule has 3 aromatic rings. The van der Waals surface area contributed by atoms with Gasteiger partial charge in [-0.3, -0.25) is 9.97 Å². The lowest BCUT2D eigenvalue weighted by molar-refractivity contribution is -0.342. The van der Waals surface area contributed by atoms with Gasteiger partial charge in [-0.1, -0.05) is 13.0 Å². The van der Waals surface area contributed by atoms with Crippen LogP contribution in [0.1, 0.15) is 18.0 Å². The van der Waals surface area contributed by atoms with Crippen LogP contribution in [0.3, 0.4) is 0 Å². The molecule has 6 nitrogen and oxygen atoms in total. The second kappa shape index (κ2) is 9.04. The Morgan fingerprint density at radius 2 is 1.63 bits per heavy atom. The van der Waals surface area contributed by atoms with Crippen molar-refractivity contribution >= 4 is 21.4 Å². The summed E-state index contributed by atoms with van der Waals surface area (Å²) >= 11 is 5.43. The van der Waals surface area contributed by atoms with E-state index < -0.39 is 55.4 Å². The highest BCUT2D eigenvalue weighted by Gasteiger charge is 2.76. The number of halogens is 8. The first-order valence-corrected chi connectivity index (χ1v) is 11.8. The molecule has 1 atom stereocenters. The predicted octanol–water partition coefficient (Wildman–Crippen LogP) is 5.45. The lowest BCUT2D eigenvalue weighted by Gasteiger charge is -2.33. The van der Waals surface area contributed by atoms with E-state index in [0.717, 1.165) is 7.05 Å². The SMILES string of the molecule is CCS(=O)(=O)c1cc(-c2ccccn2)cnc1-c1ncc([C@H](Cl)C(F)(C(F)(F)F)C(F)(F)F)n1C. The van der Waals surface area contributed by atoms with E-state index in [1.165, 1.54) is 25.4 Å². The summed E-state index contributed by atoms with van der Waals surface area (Å²) < 4.78 is 120. The fourth-order valence-corrected chi connectivity index (χ4v) is 4.72. The Bertz CT molecular complexity index is 1310. The number of hydrogen-bond acceptors (Lipinski definition) is 5. The number of sulfone groups is 1. The highest BCUT2D eigenvalue weighted by atomic mass is 35.5. The molecule has 3 aromatic heterocycles. The summed E-state index contributed by atoms with van der Waals surface area (Å²) in [6, 6.07) is 6.05. The minimum Gasteiger partial charge on any atom is -0.328 e. The van der Waals surface area contributed by atoms with Crippen LogP contribution in [0.2, 0.25) is 0 Å². The van der Waals surface area contributed by atoms with E-state index >= 15 is 0 Å². The van der Waals surface area contributed by atoms with Gasteiger partial charge in [0.05, 0.1) is 28.2 Å². The summed E-state index contributed by atoms with van der Waals surface area (Å²) in [4.78, 5) is 11.5. The lowest BCUT2D eigenvalue weighted by atomic mass is 9.97. The third-order valence-electron chi connectivity index (χ3n) is 5.20. The summed E-state index contributed by atoms with van der Waals surface area (Å²) in [5.74, 6) is -0.838. The average molecular weight is 545 g/mol. The fourth-order valence-electron chi connectivity index (χ4n) is 3.21. The van der Waals surface area contributed by atoms with Crippen LogP contribution in [-0.4, -0.2) is 51.7 Å². The molecule has 0 N–H and O–H groups in total. The number of aromatic nitrogens is 4. The normalized spacial score (nSPS) is 14.2. The van der Waals surface area contributed by atoms with Crippen LogP contribution in [0.15, 0.2) is 47.8 Å². The standard InChI is InChI=1S/C20H16ClF7N4O2S/c1-3-35(33,34)14-8-11(12-6-4-5-7-29-12)9-30-15(14)17-31-10-13(32(17)2)16(21)18(22,19(23,24)25)20(26,27)28/h4-10,16H,3H2,1-2H3/t16-/m0/s1. The topological polar surface area (TPSA) is 77.7 Å². The quantitative estimate of drug-likeness (QED) is 0.305. The molecule has 35 heavy (non-hydrogen) atoms. The number of hydrogen-bond donors (Lipinski definition) is 0. The molecule has 0 aliphatic rings. The number of rotatable bonds is 6. The molecule has 0 spiro atoms. The Balaban J connectivity index is 2.20. The molecule has 0 bridgehead atoms. The van der Waals surface area contributed by atoms with Gasteiger partial charge in [-0.25, -0.2) is 17.8 Å². The van der Waals surface area contributed by atoms with E-state index in [1.807, 2.05) is 0 Å². The number of pyridine rings is 2. The van der Waals surface area contributed by atoms with Crippen molar-refractivity contribution in [3.8, 4) is 22.8 Å². The van der Waals surface area contributed by atoms with Gasteiger partial charge in [-0.05, 0) is 18.2 Å². The third kappa shape index (κ3) is 4.60. The molecule has 15 heteroatoms. The van der Waals surface area contributed by atoms with E-state index in [4.69, 9.17) is 11.6 Å². The van der Waals surface area contributed by atoms with Gasteiger partial charge in [0.25, 0.3) is 0 Å². The monoisotopic (exact) mass is 544 g/mol. The molecule has 0 radical (unpaired) electrons. The minimum absolute atomic E-state index is 0.281. The molecule has 0 fully saturated rings. The summed E-state index contributed by atoms with van der Waals surface area (Å²) in [6.07, 6.45) is -9.63. The van der Waals surface area contributed by atoms with E-state index in [-0.39, 0.29) is 11.3 Å². The summed E-state index contributed by atoms with van der Waals surface area (Å²) in [7, 11) is -3.05. The first kappa shape index (κ1) is 26.9. The van der Waals surface area contributed by atoms with Crippen molar-refractivity contribution < 1.29 is 39.2 Å². The van der Waals surface area contributed by atoms with Gasteiger partial charge in [0.2, 0.25) is 0 Å². The van der Waals surface area contributed by atoms with E-state index in [0.29, 0.717) is 16.5 Å². The Labute approximate surface area is 199 Å². The van der Waals surface area contributed by atoms with Gasteiger partial charge in [0, 0.05) is 25.0 Å². The van der Waals surface area contributed by atoms with Crippen LogP contribution < -0.4 is 0 Å². The van der Waals surface area contributed by atoms with Gasteiger partial charge in [-0.15, -0.1) is 11.6 Å². The smallest absolute Gasteiger partial charge is 0.328 e. The number of nitrogens with zero attached hydrogens (tertiary/aromatic N) is 4. The van der Waals surface area contributed by atoms with Crippen molar-refractivity contribution in [2.45, 2.75) is 35.2 Å². The molecule has 0 aliphatic carbocycles. The van der Waals surface area contributed by atoms with Crippen LogP contribution >= 0.6 is 11.6 Å². The number of imidazole rings is 1. The highest BCUT2D eigenvalue weighted by molar-refractivity contribution is 7.91. The Hall–Kier alpha value is -2.74. The van der Waals surface area contributed by atoms with Crippen LogP contribution in [0.5, 0.6) is 0 Å². The van der Waals surface area contributed by atoms with Crippen LogP contribution in [-0.2, 0) is 16.9 Å². The Morgan fingerprint density at radius 1 is 1.00 bits per heavy atom. The van der Waals surface area contributed by atoms with Crippen molar-refractivity contribution in [2.24, 2.45) is 7.05 Å². The molecule has 0 saturated carbocycles. The second-order valence-electron chi connectivity index (χ2n) is 7.32. The van der Waals surface area contributed by atoms with Gasteiger partial charge in [0.1, 0.15) is 11.1 Å². The molecule has 3 heterocycles. The van der Waals surface area contributed by atoms with Gasteiger partial charge in [0.15, 0.2) is 15.7 Å².